The molecule has 1 aliphatic rings. The van der Waals surface area contributed by atoms with Crippen molar-refractivity contribution in [2.75, 3.05) is 6.61 Å². The molecule has 0 atom stereocenters. The van der Waals surface area contributed by atoms with Crippen molar-refractivity contribution in [3.05, 3.63) is 11.8 Å². The predicted octanol–water partition coefficient (Wildman–Crippen LogP) is 0.337. The van der Waals surface area contributed by atoms with Crippen LogP contribution in [0.25, 0.3) is 0 Å². The molecule has 0 aromatic rings. The van der Waals surface area contributed by atoms with Gasteiger partial charge in [0.1, 0.15) is 0 Å². The molecule has 2 nitrogen and oxygen atoms in total. The monoisotopic (exact) mass is 97.1 g/mol. The van der Waals surface area contributed by atoms with Gasteiger partial charge in [0.15, 0.2) is 0 Å². The molecular formula is C5H7NO. The van der Waals surface area contributed by atoms with Gasteiger partial charge in [-0.1, -0.05) is 0 Å². The molecule has 1 aliphatic heterocycles. The minimum atomic E-state index is 0.153. The SMILES string of the molecule is OCC1=CN=CC1. The minimum absolute atomic E-state index is 0.153. The van der Waals surface area contributed by atoms with Crippen LogP contribution in [0.15, 0.2) is 16.8 Å². The molecule has 0 spiro atoms. The van der Waals surface area contributed by atoms with Crippen molar-refractivity contribution in [3.63, 3.8) is 0 Å². The Balaban J connectivity index is 2.45. The lowest BCUT2D eigenvalue weighted by Gasteiger charge is -1.86. The van der Waals surface area contributed by atoms with Gasteiger partial charge in [-0.05, 0) is 5.57 Å². The zero-order valence-electron chi connectivity index (χ0n) is 3.96. The highest BCUT2D eigenvalue weighted by Crippen LogP contribution is 2.02. The summed E-state index contributed by atoms with van der Waals surface area (Å²) in [5, 5.41) is 8.42. The smallest absolute Gasteiger partial charge is 0.0663 e. The van der Waals surface area contributed by atoms with Gasteiger partial charge in [0, 0.05) is 18.8 Å². The standard InChI is InChI=1S/C5H7NO/c7-4-5-1-2-6-3-5/h2-3,7H,1,4H2. The lowest BCUT2D eigenvalue weighted by atomic mass is 10.3. The Morgan fingerprint density at radius 2 is 2.71 bits per heavy atom. The van der Waals surface area contributed by atoms with Crippen molar-refractivity contribution in [3.8, 4) is 0 Å². The Morgan fingerprint density at radius 3 is 3.00 bits per heavy atom. The second-order valence-corrected chi connectivity index (χ2v) is 1.48. The van der Waals surface area contributed by atoms with Gasteiger partial charge in [-0.25, -0.2) is 0 Å². The van der Waals surface area contributed by atoms with Crippen LogP contribution < -0.4 is 0 Å². The van der Waals surface area contributed by atoms with Gasteiger partial charge in [-0.2, -0.15) is 0 Å². The topological polar surface area (TPSA) is 32.6 Å². The zero-order chi connectivity index (χ0) is 5.11. The highest BCUT2D eigenvalue weighted by atomic mass is 16.3. The Labute approximate surface area is 42.2 Å². The summed E-state index contributed by atoms with van der Waals surface area (Å²) in [5.74, 6) is 0. The second-order valence-electron chi connectivity index (χ2n) is 1.48. The van der Waals surface area contributed by atoms with Gasteiger partial charge < -0.3 is 5.11 Å². The van der Waals surface area contributed by atoms with E-state index in [1.807, 2.05) is 0 Å². The first-order valence-electron chi connectivity index (χ1n) is 2.24. The predicted molar refractivity (Wildman–Crippen MR) is 28.3 cm³/mol. The molecule has 0 aliphatic carbocycles. The molecule has 0 aromatic heterocycles. The summed E-state index contributed by atoms with van der Waals surface area (Å²) in [6.45, 7) is 0.153. The third-order valence-corrected chi connectivity index (χ3v) is 0.919. The summed E-state index contributed by atoms with van der Waals surface area (Å²) in [4.78, 5) is 3.79. The fourth-order valence-corrected chi connectivity index (χ4v) is 0.486. The van der Waals surface area contributed by atoms with E-state index in [0.29, 0.717) is 0 Å². The Morgan fingerprint density at radius 1 is 1.86 bits per heavy atom. The molecule has 0 aromatic carbocycles. The van der Waals surface area contributed by atoms with E-state index in [2.05, 4.69) is 4.99 Å². The molecular weight excluding hydrogens is 90.1 g/mol. The molecule has 0 saturated carbocycles. The van der Waals surface area contributed by atoms with Gasteiger partial charge in [0.25, 0.3) is 0 Å². The minimum Gasteiger partial charge on any atom is -0.392 e. The number of aliphatic hydroxyl groups is 1. The van der Waals surface area contributed by atoms with E-state index in [1.165, 1.54) is 0 Å². The number of nitrogens with zero attached hydrogens (tertiary/aromatic N) is 1. The van der Waals surface area contributed by atoms with Crippen molar-refractivity contribution >= 4 is 6.21 Å². The van der Waals surface area contributed by atoms with Crippen molar-refractivity contribution in [1.82, 2.24) is 0 Å². The zero-order valence-corrected chi connectivity index (χ0v) is 3.96. The number of aliphatic imine (C=N–C) groups is 1. The van der Waals surface area contributed by atoms with Gasteiger partial charge in [-0.15, -0.1) is 0 Å². The summed E-state index contributed by atoms with van der Waals surface area (Å²) < 4.78 is 0. The molecule has 0 fully saturated rings. The maximum Gasteiger partial charge on any atom is 0.0663 e. The molecule has 0 unspecified atom stereocenters. The van der Waals surface area contributed by atoms with E-state index in [9.17, 15) is 0 Å². The van der Waals surface area contributed by atoms with Crippen LogP contribution in [0, 0.1) is 0 Å². The van der Waals surface area contributed by atoms with Crippen molar-refractivity contribution in [2.24, 2.45) is 4.99 Å². The molecule has 0 amide bonds. The maximum atomic E-state index is 8.42. The third kappa shape index (κ3) is 0.871. The molecule has 1 N–H and O–H groups in total. The van der Waals surface area contributed by atoms with Crippen LogP contribution in [0.3, 0.4) is 0 Å². The highest BCUT2D eigenvalue weighted by molar-refractivity contribution is 5.65. The Hall–Kier alpha value is -0.630. The van der Waals surface area contributed by atoms with Crippen LogP contribution in [0.4, 0.5) is 0 Å². The number of rotatable bonds is 1. The van der Waals surface area contributed by atoms with Crippen LogP contribution in [-0.4, -0.2) is 17.9 Å². The van der Waals surface area contributed by atoms with Crippen LogP contribution in [0.5, 0.6) is 0 Å². The molecule has 2 heteroatoms. The summed E-state index contributed by atoms with van der Waals surface area (Å²) in [7, 11) is 0. The van der Waals surface area contributed by atoms with E-state index >= 15 is 0 Å². The number of hydrogen-bond acceptors (Lipinski definition) is 2. The van der Waals surface area contributed by atoms with Crippen molar-refractivity contribution in [2.45, 2.75) is 6.42 Å². The average Bonchev–Trinajstić information content (AvgIpc) is 2.14. The van der Waals surface area contributed by atoms with Gasteiger partial charge in [-0.3, -0.25) is 4.99 Å². The van der Waals surface area contributed by atoms with Crippen LogP contribution >= 0.6 is 0 Å². The van der Waals surface area contributed by atoms with Gasteiger partial charge in [0.2, 0.25) is 0 Å². The maximum absolute atomic E-state index is 8.42. The fourth-order valence-electron chi connectivity index (χ4n) is 0.486. The largest absolute Gasteiger partial charge is 0.392 e. The van der Waals surface area contributed by atoms with Gasteiger partial charge in [0.05, 0.1) is 6.61 Å². The summed E-state index contributed by atoms with van der Waals surface area (Å²) in [6, 6.07) is 0. The fraction of sp³-hybridized carbons (Fsp3) is 0.400. The van der Waals surface area contributed by atoms with Crippen LogP contribution in [-0.2, 0) is 0 Å². The summed E-state index contributed by atoms with van der Waals surface area (Å²) >= 11 is 0. The third-order valence-electron chi connectivity index (χ3n) is 0.919. The molecule has 38 valence electrons. The molecule has 0 saturated heterocycles. The molecule has 0 radical (unpaired) electrons. The van der Waals surface area contributed by atoms with E-state index < -0.39 is 0 Å². The summed E-state index contributed by atoms with van der Waals surface area (Å²) in [6.07, 6.45) is 4.31. The van der Waals surface area contributed by atoms with E-state index in [0.717, 1.165) is 12.0 Å². The number of hydrogen-bond donors (Lipinski definition) is 1. The van der Waals surface area contributed by atoms with E-state index in [1.54, 1.807) is 12.4 Å². The molecule has 1 rings (SSSR count). The Bertz CT molecular complexity index is 115. The lowest BCUT2D eigenvalue weighted by molar-refractivity contribution is 0.330. The molecule has 7 heavy (non-hydrogen) atoms. The van der Waals surface area contributed by atoms with Crippen LogP contribution in [0.2, 0.25) is 0 Å². The highest BCUT2D eigenvalue weighted by Gasteiger charge is 1.94. The quantitative estimate of drug-likeness (QED) is 0.502. The molecule has 1 heterocycles. The van der Waals surface area contributed by atoms with E-state index in [-0.39, 0.29) is 6.61 Å². The van der Waals surface area contributed by atoms with Crippen molar-refractivity contribution in [1.29, 1.82) is 0 Å². The average molecular weight is 97.1 g/mol. The Kier molecular flexibility index (Phi) is 1.22. The second kappa shape index (κ2) is 1.89. The van der Waals surface area contributed by atoms with Crippen LogP contribution in [0.1, 0.15) is 6.42 Å². The first kappa shape index (κ1) is 4.53. The lowest BCUT2D eigenvalue weighted by Crippen LogP contribution is -1.84. The van der Waals surface area contributed by atoms with Gasteiger partial charge >= 0.3 is 0 Å². The van der Waals surface area contributed by atoms with E-state index in [4.69, 9.17) is 5.11 Å². The first-order valence-corrected chi connectivity index (χ1v) is 2.24. The first-order chi connectivity index (χ1) is 3.43. The molecule has 0 bridgehead atoms. The normalized spacial score (nSPS) is 17.6. The summed E-state index contributed by atoms with van der Waals surface area (Å²) in [5.41, 5.74) is 1.00. The number of aliphatic hydroxyl groups excluding tert-OH is 1. The van der Waals surface area contributed by atoms with Crippen molar-refractivity contribution < 1.29 is 5.11 Å².